The molecule has 0 heterocycles. The first kappa shape index (κ1) is 17.3. The van der Waals surface area contributed by atoms with Crippen LogP contribution in [0.1, 0.15) is 13.3 Å². The van der Waals surface area contributed by atoms with Gasteiger partial charge < -0.3 is 14.6 Å². The highest BCUT2D eigenvalue weighted by molar-refractivity contribution is 5.86. The van der Waals surface area contributed by atoms with Crippen LogP contribution in [-0.4, -0.2) is 36.7 Å². The molecule has 0 radical (unpaired) electrons. The Morgan fingerprint density at radius 3 is 2.12 bits per heavy atom. The Morgan fingerprint density at radius 2 is 1.88 bits per heavy atom. The van der Waals surface area contributed by atoms with Crippen molar-refractivity contribution in [1.82, 2.24) is 0 Å². The van der Waals surface area contributed by atoms with E-state index in [0.29, 0.717) is 5.57 Å². The number of carboxylic acid groups (broad SMARTS) is 1. The molecule has 0 aromatic heterocycles. The van der Waals surface area contributed by atoms with Crippen LogP contribution in [0.2, 0.25) is 0 Å². The van der Waals surface area contributed by atoms with E-state index in [1.807, 2.05) is 0 Å². The van der Waals surface area contributed by atoms with Crippen LogP contribution in [-0.2, 0) is 23.9 Å². The Morgan fingerprint density at radius 1 is 1.35 bits per heavy atom. The fourth-order valence-electron chi connectivity index (χ4n) is 0.472. The predicted octanol–water partition coefficient (Wildman–Crippen LogP) is 0.926. The van der Waals surface area contributed by atoms with Crippen LogP contribution in [0.15, 0.2) is 24.8 Å². The van der Waals surface area contributed by atoms with Gasteiger partial charge in [-0.05, 0) is 6.92 Å². The minimum Gasteiger partial charge on any atom is -0.481 e. The SMILES string of the molecule is C=C(C)C(=O)OC.C=CC(=O)OCCC(=O)O. The molecule has 0 unspecified atom stereocenters. The van der Waals surface area contributed by atoms with Gasteiger partial charge in [-0.2, -0.15) is 0 Å². The van der Waals surface area contributed by atoms with Crippen molar-refractivity contribution in [3.05, 3.63) is 24.8 Å². The zero-order chi connectivity index (χ0) is 13.8. The highest BCUT2D eigenvalue weighted by atomic mass is 16.5. The van der Waals surface area contributed by atoms with Crippen LogP contribution in [0, 0.1) is 0 Å². The summed E-state index contributed by atoms with van der Waals surface area (Å²) >= 11 is 0. The van der Waals surface area contributed by atoms with Gasteiger partial charge in [0.2, 0.25) is 0 Å². The summed E-state index contributed by atoms with van der Waals surface area (Å²) in [6, 6.07) is 0. The van der Waals surface area contributed by atoms with Crippen LogP contribution in [0.5, 0.6) is 0 Å². The number of aliphatic carboxylic acids is 1. The first-order chi connectivity index (χ1) is 7.84. The monoisotopic (exact) mass is 244 g/mol. The largest absolute Gasteiger partial charge is 0.481 e. The summed E-state index contributed by atoms with van der Waals surface area (Å²) in [5.41, 5.74) is 0.433. The van der Waals surface area contributed by atoms with Crippen LogP contribution < -0.4 is 0 Å². The molecule has 0 aliphatic heterocycles. The fourth-order valence-corrected chi connectivity index (χ4v) is 0.472. The molecule has 6 heteroatoms. The second-order valence-electron chi connectivity index (χ2n) is 2.79. The van der Waals surface area contributed by atoms with Crippen molar-refractivity contribution >= 4 is 17.9 Å². The second-order valence-corrected chi connectivity index (χ2v) is 2.79. The Bertz CT molecular complexity index is 305. The number of methoxy groups -OCH3 is 1. The molecule has 96 valence electrons. The molecule has 0 atom stereocenters. The second kappa shape index (κ2) is 10.4. The fraction of sp³-hybridized carbons (Fsp3) is 0.364. The maximum Gasteiger partial charge on any atom is 0.332 e. The molecule has 0 aliphatic rings. The molecule has 0 spiro atoms. The number of carbonyl (C=O) groups excluding carboxylic acids is 2. The molecule has 0 aromatic carbocycles. The summed E-state index contributed by atoms with van der Waals surface area (Å²) in [5, 5.41) is 8.08. The zero-order valence-electron chi connectivity index (χ0n) is 9.89. The lowest BCUT2D eigenvalue weighted by molar-refractivity contribution is -0.142. The Kier molecular flexibility index (Phi) is 10.6. The molecular formula is C11H16O6. The van der Waals surface area contributed by atoms with E-state index < -0.39 is 11.9 Å². The maximum absolute atomic E-state index is 10.3. The number of carbonyl (C=O) groups is 3. The van der Waals surface area contributed by atoms with Gasteiger partial charge in [0.25, 0.3) is 0 Å². The summed E-state index contributed by atoms with van der Waals surface area (Å²) in [5.74, 6) is -1.93. The average Bonchev–Trinajstić information content (AvgIpc) is 2.27. The quantitative estimate of drug-likeness (QED) is 0.571. The molecule has 0 saturated carbocycles. The summed E-state index contributed by atoms with van der Waals surface area (Å²) in [6.45, 7) is 7.99. The van der Waals surface area contributed by atoms with Gasteiger partial charge >= 0.3 is 17.9 Å². The van der Waals surface area contributed by atoms with Gasteiger partial charge in [-0.3, -0.25) is 4.79 Å². The third-order valence-electron chi connectivity index (χ3n) is 1.26. The van der Waals surface area contributed by atoms with E-state index in [0.717, 1.165) is 6.08 Å². The third-order valence-corrected chi connectivity index (χ3v) is 1.26. The Hall–Kier alpha value is -2.11. The molecule has 0 amide bonds. The van der Waals surface area contributed by atoms with Crippen molar-refractivity contribution in [1.29, 1.82) is 0 Å². The topological polar surface area (TPSA) is 89.9 Å². The summed E-state index contributed by atoms with van der Waals surface area (Å²) in [7, 11) is 1.33. The number of esters is 2. The van der Waals surface area contributed by atoms with Gasteiger partial charge in [0.05, 0.1) is 13.5 Å². The molecular weight excluding hydrogens is 228 g/mol. The van der Waals surface area contributed by atoms with Crippen LogP contribution in [0.3, 0.4) is 0 Å². The van der Waals surface area contributed by atoms with E-state index in [-0.39, 0.29) is 19.0 Å². The molecule has 17 heavy (non-hydrogen) atoms. The third kappa shape index (κ3) is 13.9. The van der Waals surface area contributed by atoms with Crippen LogP contribution >= 0.6 is 0 Å². The van der Waals surface area contributed by atoms with E-state index in [1.165, 1.54) is 7.11 Å². The smallest absolute Gasteiger partial charge is 0.332 e. The van der Waals surface area contributed by atoms with Crippen molar-refractivity contribution in [2.75, 3.05) is 13.7 Å². The lowest BCUT2D eigenvalue weighted by Gasteiger charge is -1.96. The van der Waals surface area contributed by atoms with Crippen molar-refractivity contribution < 1.29 is 29.0 Å². The molecule has 0 saturated heterocycles. The molecule has 0 bridgehead atoms. The Balaban J connectivity index is 0. The van der Waals surface area contributed by atoms with Gasteiger partial charge in [0.1, 0.15) is 6.61 Å². The number of carboxylic acids is 1. The molecule has 0 aliphatic carbocycles. The first-order valence-corrected chi connectivity index (χ1v) is 4.60. The van der Waals surface area contributed by atoms with Gasteiger partial charge in [-0.25, -0.2) is 9.59 Å². The first-order valence-electron chi connectivity index (χ1n) is 4.60. The van der Waals surface area contributed by atoms with E-state index in [1.54, 1.807) is 6.92 Å². The zero-order valence-corrected chi connectivity index (χ0v) is 9.89. The number of rotatable bonds is 5. The number of ether oxygens (including phenoxy) is 2. The van der Waals surface area contributed by atoms with E-state index in [9.17, 15) is 14.4 Å². The lowest BCUT2D eigenvalue weighted by Crippen LogP contribution is -2.06. The molecule has 0 rings (SSSR count). The van der Waals surface area contributed by atoms with Gasteiger partial charge in [-0.15, -0.1) is 0 Å². The Labute approximate surface area is 99.5 Å². The minimum absolute atomic E-state index is 0.0970. The molecule has 6 nitrogen and oxygen atoms in total. The average molecular weight is 244 g/mol. The van der Waals surface area contributed by atoms with Crippen LogP contribution in [0.25, 0.3) is 0 Å². The molecule has 0 aromatic rings. The highest BCUT2D eigenvalue weighted by Gasteiger charge is 1.98. The van der Waals surface area contributed by atoms with Crippen molar-refractivity contribution in [3.8, 4) is 0 Å². The normalized spacial score (nSPS) is 8.12. The van der Waals surface area contributed by atoms with Crippen molar-refractivity contribution in [2.24, 2.45) is 0 Å². The van der Waals surface area contributed by atoms with Gasteiger partial charge in [-0.1, -0.05) is 13.2 Å². The minimum atomic E-state index is -0.989. The van der Waals surface area contributed by atoms with Gasteiger partial charge in [0.15, 0.2) is 0 Å². The van der Waals surface area contributed by atoms with Crippen molar-refractivity contribution in [3.63, 3.8) is 0 Å². The van der Waals surface area contributed by atoms with E-state index in [4.69, 9.17) is 5.11 Å². The van der Waals surface area contributed by atoms with Crippen LogP contribution in [0.4, 0.5) is 0 Å². The van der Waals surface area contributed by atoms with Gasteiger partial charge in [0, 0.05) is 11.6 Å². The van der Waals surface area contributed by atoms with Crippen molar-refractivity contribution in [2.45, 2.75) is 13.3 Å². The highest BCUT2D eigenvalue weighted by Crippen LogP contribution is 1.87. The molecule has 0 fully saturated rings. The summed E-state index contributed by atoms with van der Waals surface area (Å²) in [4.78, 5) is 30.3. The molecule has 1 N–H and O–H groups in total. The van der Waals surface area contributed by atoms with E-state index in [2.05, 4.69) is 22.6 Å². The maximum atomic E-state index is 10.3. The van der Waals surface area contributed by atoms with E-state index >= 15 is 0 Å². The summed E-state index contributed by atoms with van der Waals surface area (Å²) < 4.78 is 8.64. The number of hydrogen-bond donors (Lipinski definition) is 1. The lowest BCUT2D eigenvalue weighted by atomic mass is 10.4. The standard InChI is InChI=1S/C6H8O4.C5H8O2/c1-2-6(9)10-4-3-5(7)8;1-4(2)5(6)7-3/h2H,1,3-4H2,(H,7,8);1H2,2-3H3. The summed E-state index contributed by atoms with van der Waals surface area (Å²) in [6.07, 6.45) is 0.821. The predicted molar refractivity (Wildman–Crippen MR) is 60.2 cm³/mol. The number of hydrogen-bond acceptors (Lipinski definition) is 5.